The summed E-state index contributed by atoms with van der Waals surface area (Å²) >= 11 is 3.41. The maximum atomic E-state index is 10.7. The first-order chi connectivity index (χ1) is 7.13. The average Bonchev–Trinajstić information content (AvgIpc) is 2.56. The van der Waals surface area contributed by atoms with Crippen molar-refractivity contribution >= 4 is 33.1 Å². The Morgan fingerprint density at radius 3 is 2.80 bits per heavy atom. The summed E-state index contributed by atoms with van der Waals surface area (Å²) in [7, 11) is 0. The van der Waals surface area contributed by atoms with Gasteiger partial charge in [0, 0.05) is 17.0 Å². The molecule has 0 aliphatic carbocycles. The molecule has 1 aromatic heterocycles. The topological polar surface area (TPSA) is 34.9 Å². The maximum absolute atomic E-state index is 10.7. The molecule has 0 spiro atoms. The maximum Gasteiger partial charge on any atom is 0.150 e. The molecule has 1 aromatic carbocycles. The molecule has 3 nitrogen and oxygen atoms in total. The molecule has 0 bridgehead atoms. The first-order valence-electron chi connectivity index (χ1n) is 4.76. The van der Waals surface area contributed by atoms with Crippen LogP contribution < -0.4 is 0 Å². The van der Waals surface area contributed by atoms with Crippen molar-refractivity contribution in [1.82, 2.24) is 9.78 Å². The van der Waals surface area contributed by atoms with Crippen LogP contribution in [0.5, 0.6) is 0 Å². The number of aldehydes is 1. The van der Waals surface area contributed by atoms with Crippen molar-refractivity contribution in [3.63, 3.8) is 0 Å². The van der Waals surface area contributed by atoms with Crippen LogP contribution in [0.25, 0.3) is 10.9 Å². The quantitative estimate of drug-likeness (QED) is 0.783. The van der Waals surface area contributed by atoms with Crippen molar-refractivity contribution in [2.24, 2.45) is 0 Å². The fraction of sp³-hybridized carbons (Fsp3) is 0.273. The van der Waals surface area contributed by atoms with E-state index in [0.29, 0.717) is 5.56 Å². The van der Waals surface area contributed by atoms with Gasteiger partial charge in [-0.25, -0.2) is 0 Å². The first-order valence-corrected chi connectivity index (χ1v) is 5.55. The highest BCUT2D eigenvalue weighted by atomic mass is 79.9. The summed E-state index contributed by atoms with van der Waals surface area (Å²) in [5.41, 5.74) is 1.67. The van der Waals surface area contributed by atoms with Crippen LogP contribution in [-0.4, -0.2) is 16.1 Å². The molecule has 1 heterocycles. The summed E-state index contributed by atoms with van der Waals surface area (Å²) in [6.07, 6.45) is 0.852. The number of rotatable bonds is 2. The Morgan fingerprint density at radius 1 is 1.47 bits per heavy atom. The zero-order valence-electron chi connectivity index (χ0n) is 8.57. The number of fused-ring (bicyclic) bond motifs is 1. The number of hydrogen-bond donors (Lipinski definition) is 0. The van der Waals surface area contributed by atoms with E-state index in [1.165, 1.54) is 0 Å². The number of halogens is 1. The fourth-order valence-corrected chi connectivity index (χ4v) is 2.09. The standard InChI is InChI=1S/C11H11BrN2O/c1-7(2)14-10-5-8(6-15)3-4-9(10)11(12)13-14/h3-7H,1-2H3. The second kappa shape index (κ2) is 3.77. The number of carbonyl (C=O) groups is 1. The Kier molecular flexibility index (Phi) is 2.61. The summed E-state index contributed by atoms with van der Waals surface area (Å²) in [5.74, 6) is 0. The highest BCUT2D eigenvalue weighted by Crippen LogP contribution is 2.26. The third-order valence-corrected chi connectivity index (χ3v) is 2.90. The molecule has 2 rings (SSSR count). The SMILES string of the molecule is CC(C)n1nc(Br)c2ccc(C=O)cc21. The molecule has 0 N–H and O–H groups in total. The van der Waals surface area contributed by atoms with Crippen molar-refractivity contribution < 1.29 is 4.79 Å². The molecule has 0 radical (unpaired) electrons. The van der Waals surface area contributed by atoms with E-state index in [1.807, 2.05) is 16.8 Å². The van der Waals surface area contributed by atoms with Gasteiger partial charge in [-0.3, -0.25) is 9.48 Å². The molecule has 0 fully saturated rings. The van der Waals surface area contributed by atoms with Gasteiger partial charge in [0.1, 0.15) is 10.9 Å². The molecule has 0 unspecified atom stereocenters. The molecule has 0 aliphatic heterocycles. The van der Waals surface area contributed by atoms with Gasteiger partial charge in [0.15, 0.2) is 0 Å². The second-order valence-corrected chi connectivity index (χ2v) is 4.47. The predicted octanol–water partition coefficient (Wildman–Crippen LogP) is 3.19. The number of carbonyl (C=O) groups excluding carboxylic acids is 1. The Hall–Kier alpha value is -1.16. The number of nitrogens with zero attached hydrogens (tertiary/aromatic N) is 2. The van der Waals surface area contributed by atoms with E-state index in [4.69, 9.17) is 0 Å². The minimum absolute atomic E-state index is 0.278. The van der Waals surface area contributed by atoms with Gasteiger partial charge in [-0.2, -0.15) is 5.10 Å². The largest absolute Gasteiger partial charge is 0.298 e. The minimum atomic E-state index is 0.278. The third kappa shape index (κ3) is 1.69. The first kappa shape index (κ1) is 10.4. The molecule has 0 saturated carbocycles. The average molecular weight is 267 g/mol. The lowest BCUT2D eigenvalue weighted by atomic mass is 10.2. The van der Waals surface area contributed by atoms with E-state index in [0.717, 1.165) is 21.8 Å². The van der Waals surface area contributed by atoms with Gasteiger partial charge in [-0.05, 0) is 41.9 Å². The molecule has 2 aromatic rings. The Bertz CT molecular complexity index is 517. The van der Waals surface area contributed by atoms with Crippen LogP contribution in [-0.2, 0) is 0 Å². The minimum Gasteiger partial charge on any atom is -0.298 e. The van der Waals surface area contributed by atoms with E-state index < -0.39 is 0 Å². The molecule has 4 heteroatoms. The van der Waals surface area contributed by atoms with Crippen molar-refractivity contribution in [3.8, 4) is 0 Å². The summed E-state index contributed by atoms with van der Waals surface area (Å²) in [5, 5.41) is 5.42. The molecule has 0 atom stereocenters. The van der Waals surface area contributed by atoms with E-state index >= 15 is 0 Å². The van der Waals surface area contributed by atoms with Gasteiger partial charge < -0.3 is 0 Å². The van der Waals surface area contributed by atoms with Crippen molar-refractivity contribution in [3.05, 3.63) is 28.4 Å². The van der Waals surface area contributed by atoms with Crippen LogP contribution >= 0.6 is 15.9 Å². The Morgan fingerprint density at radius 2 is 2.20 bits per heavy atom. The molecular weight excluding hydrogens is 256 g/mol. The van der Waals surface area contributed by atoms with Crippen LogP contribution in [0, 0.1) is 0 Å². The van der Waals surface area contributed by atoms with E-state index in [9.17, 15) is 4.79 Å². The van der Waals surface area contributed by atoms with Gasteiger partial charge in [0.05, 0.1) is 5.52 Å². The van der Waals surface area contributed by atoms with Gasteiger partial charge in [0.2, 0.25) is 0 Å². The summed E-state index contributed by atoms with van der Waals surface area (Å²) < 4.78 is 2.73. The van der Waals surface area contributed by atoms with E-state index in [2.05, 4.69) is 34.9 Å². The molecule has 15 heavy (non-hydrogen) atoms. The van der Waals surface area contributed by atoms with E-state index in [1.54, 1.807) is 6.07 Å². The van der Waals surface area contributed by atoms with Crippen molar-refractivity contribution in [1.29, 1.82) is 0 Å². The molecule has 78 valence electrons. The number of hydrogen-bond acceptors (Lipinski definition) is 2. The monoisotopic (exact) mass is 266 g/mol. The molecule has 0 saturated heterocycles. The van der Waals surface area contributed by atoms with Gasteiger partial charge in [-0.15, -0.1) is 0 Å². The molecule has 0 amide bonds. The second-order valence-electron chi connectivity index (χ2n) is 3.72. The Balaban J connectivity index is 2.77. The van der Waals surface area contributed by atoms with Crippen molar-refractivity contribution in [2.75, 3.05) is 0 Å². The van der Waals surface area contributed by atoms with Crippen LogP contribution in [0.3, 0.4) is 0 Å². The van der Waals surface area contributed by atoms with Crippen LogP contribution in [0.2, 0.25) is 0 Å². The Labute approximate surface area is 96.2 Å². The highest BCUT2D eigenvalue weighted by Gasteiger charge is 2.10. The van der Waals surface area contributed by atoms with Gasteiger partial charge in [0.25, 0.3) is 0 Å². The highest BCUT2D eigenvalue weighted by molar-refractivity contribution is 9.10. The van der Waals surface area contributed by atoms with Crippen LogP contribution in [0.15, 0.2) is 22.8 Å². The van der Waals surface area contributed by atoms with Gasteiger partial charge >= 0.3 is 0 Å². The summed E-state index contributed by atoms with van der Waals surface area (Å²) in [6.45, 7) is 4.12. The lowest BCUT2D eigenvalue weighted by molar-refractivity contribution is 0.112. The lowest BCUT2D eigenvalue weighted by Gasteiger charge is -2.06. The lowest BCUT2D eigenvalue weighted by Crippen LogP contribution is -2.02. The number of aromatic nitrogens is 2. The normalized spacial score (nSPS) is 11.2. The van der Waals surface area contributed by atoms with Crippen LogP contribution in [0.4, 0.5) is 0 Å². The number of benzene rings is 1. The smallest absolute Gasteiger partial charge is 0.150 e. The zero-order chi connectivity index (χ0) is 11.0. The predicted molar refractivity (Wildman–Crippen MR) is 63.2 cm³/mol. The van der Waals surface area contributed by atoms with Crippen molar-refractivity contribution in [2.45, 2.75) is 19.9 Å². The zero-order valence-corrected chi connectivity index (χ0v) is 10.2. The van der Waals surface area contributed by atoms with Gasteiger partial charge in [-0.1, -0.05) is 6.07 Å². The third-order valence-electron chi connectivity index (χ3n) is 2.31. The molecule has 0 aliphatic rings. The summed E-state index contributed by atoms with van der Waals surface area (Å²) in [6, 6.07) is 5.85. The summed E-state index contributed by atoms with van der Waals surface area (Å²) in [4.78, 5) is 10.7. The van der Waals surface area contributed by atoms with Crippen LogP contribution in [0.1, 0.15) is 30.2 Å². The molecular formula is C11H11BrN2O. The van der Waals surface area contributed by atoms with E-state index in [-0.39, 0.29) is 6.04 Å². The fourth-order valence-electron chi connectivity index (χ4n) is 1.58.